The molecule has 4 heteroatoms. The third-order valence-corrected chi connectivity index (χ3v) is 2.60. The van der Waals surface area contributed by atoms with Crippen LogP contribution in [0.25, 0.3) is 11.1 Å². The van der Waals surface area contributed by atoms with Crippen LogP contribution >= 0.6 is 0 Å². The first-order valence-corrected chi connectivity index (χ1v) is 5.31. The Balaban J connectivity index is 2.63. The highest BCUT2D eigenvalue weighted by molar-refractivity contribution is 5.90. The van der Waals surface area contributed by atoms with Crippen LogP contribution < -0.4 is 0 Å². The van der Waals surface area contributed by atoms with Gasteiger partial charge in [0.15, 0.2) is 0 Å². The highest BCUT2D eigenvalue weighted by Crippen LogP contribution is 2.28. The van der Waals surface area contributed by atoms with Gasteiger partial charge in [0, 0.05) is 5.56 Å². The maximum absolute atomic E-state index is 13.7. The predicted octanol–water partition coefficient (Wildman–Crippen LogP) is 3.20. The van der Waals surface area contributed by atoms with Crippen LogP contribution in [0.15, 0.2) is 36.4 Å². The molecule has 0 aliphatic carbocycles. The highest BCUT2D eigenvalue weighted by atomic mass is 19.1. The van der Waals surface area contributed by atoms with Crippen LogP contribution in [0.1, 0.15) is 15.9 Å². The zero-order valence-corrected chi connectivity index (χ0v) is 9.64. The van der Waals surface area contributed by atoms with E-state index in [1.54, 1.807) is 12.1 Å². The third kappa shape index (κ3) is 2.32. The van der Waals surface area contributed by atoms with Crippen LogP contribution in [0.5, 0.6) is 5.75 Å². The number of halogens is 1. The van der Waals surface area contributed by atoms with Gasteiger partial charge in [0.1, 0.15) is 11.6 Å². The molecule has 0 unspecified atom stereocenters. The molecule has 2 aromatic carbocycles. The van der Waals surface area contributed by atoms with Crippen LogP contribution in [0.2, 0.25) is 0 Å². The van der Waals surface area contributed by atoms with Crippen LogP contribution in [0.4, 0.5) is 4.39 Å². The van der Waals surface area contributed by atoms with Crippen molar-refractivity contribution in [1.82, 2.24) is 0 Å². The average Bonchev–Trinajstić information content (AvgIpc) is 2.31. The lowest BCUT2D eigenvalue weighted by Gasteiger charge is -2.07. The molecule has 2 rings (SSSR count). The molecule has 0 amide bonds. The van der Waals surface area contributed by atoms with Crippen molar-refractivity contribution < 1.29 is 19.4 Å². The Hall–Kier alpha value is -2.36. The largest absolute Gasteiger partial charge is 0.508 e. The Morgan fingerprint density at radius 1 is 1.17 bits per heavy atom. The number of carboxylic acids is 1. The van der Waals surface area contributed by atoms with Gasteiger partial charge in [0.25, 0.3) is 0 Å². The van der Waals surface area contributed by atoms with Crippen LogP contribution in [-0.2, 0) is 0 Å². The maximum Gasteiger partial charge on any atom is 0.335 e. The number of aromatic hydroxyl groups is 1. The lowest BCUT2D eigenvalue weighted by Crippen LogP contribution is -1.97. The summed E-state index contributed by atoms with van der Waals surface area (Å²) in [5.74, 6) is -1.83. The van der Waals surface area contributed by atoms with Crippen molar-refractivity contribution in [2.45, 2.75) is 6.92 Å². The summed E-state index contributed by atoms with van der Waals surface area (Å²) < 4.78 is 13.7. The number of carbonyl (C=O) groups is 1. The Labute approximate surface area is 103 Å². The first-order chi connectivity index (χ1) is 8.47. The monoisotopic (exact) mass is 246 g/mol. The summed E-state index contributed by atoms with van der Waals surface area (Å²) in [6.45, 7) is 1.81. The van der Waals surface area contributed by atoms with E-state index in [4.69, 9.17) is 5.11 Å². The van der Waals surface area contributed by atoms with E-state index < -0.39 is 11.8 Å². The second kappa shape index (κ2) is 4.49. The fraction of sp³-hybridized carbons (Fsp3) is 0.0714. The number of aromatic carboxylic acids is 1. The molecule has 0 aliphatic rings. The van der Waals surface area contributed by atoms with Crippen LogP contribution in [-0.4, -0.2) is 16.2 Å². The number of phenolic OH excluding ortho intramolecular Hbond substituents is 1. The minimum Gasteiger partial charge on any atom is -0.508 e. The quantitative estimate of drug-likeness (QED) is 0.855. The molecule has 92 valence electrons. The van der Waals surface area contributed by atoms with Crippen LogP contribution in [0, 0.1) is 12.7 Å². The molecule has 0 aromatic heterocycles. The number of rotatable bonds is 2. The van der Waals surface area contributed by atoms with Crippen molar-refractivity contribution >= 4 is 5.97 Å². The summed E-state index contributed by atoms with van der Waals surface area (Å²) in [6, 6.07) is 8.34. The first kappa shape index (κ1) is 12.1. The van der Waals surface area contributed by atoms with Crippen molar-refractivity contribution in [1.29, 1.82) is 0 Å². The molecule has 0 aliphatic heterocycles. The van der Waals surface area contributed by atoms with E-state index in [0.717, 1.165) is 11.6 Å². The van der Waals surface area contributed by atoms with Gasteiger partial charge in [0.05, 0.1) is 5.56 Å². The lowest BCUT2D eigenvalue weighted by atomic mass is 10.0. The lowest BCUT2D eigenvalue weighted by molar-refractivity contribution is 0.0696. The van der Waals surface area contributed by atoms with Gasteiger partial charge in [-0.1, -0.05) is 11.6 Å². The predicted molar refractivity (Wildman–Crippen MR) is 65.2 cm³/mol. The van der Waals surface area contributed by atoms with Gasteiger partial charge in [0.2, 0.25) is 0 Å². The topological polar surface area (TPSA) is 57.5 Å². The summed E-state index contributed by atoms with van der Waals surface area (Å²) in [5, 5.41) is 18.4. The molecule has 0 spiro atoms. The minimum absolute atomic E-state index is 0.0779. The summed E-state index contributed by atoms with van der Waals surface area (Å²) in [5.41, 5.74) is 1.39. The van der Waals surface area contributed by atoms with E-state index in [2.05, 4.69) is 0 Å². The molecule has 0 fully saturated rings. The molecule has 2 N–H and O–H groups in total. The van der Waals surface area contributed by atoms with E-state index in [1.807, 2.05) is 6.92 Å². The van der Waals surface area contributed by atoms with E-state index in [1.165, 1.54) is 18.2 Å². The molecule has 18 heavy (non-hydrogen) atoms. The number of hydrogen-bond donors (Lipinski definition) is 2. The fourth-order valence-electron chi connectivity index (χ4n) is 1.75. The molecule has 3 nitrogen and oxygen atoms in total. The number of aryl methyl sites for hydroxylation is 1. The van der Waals surface area contributed by atoms with E-state index >= 15 is 0 Å². The fourth-order valence-corrected chi connectivity index (χ4v) is 1.75. The Morgan fingerprint density at radius 3 is 2.56 bits per heavy atom. The molecule has 0 atom stereocenters. The Morgan fingerprint density at radius 2 is 1.89 bits per heavy atom. The van der Waals surface area contributed by atoms with Gasteiger partial charge in [-0.05, 0) is 42.8 Å². The molecule has 0 saturated heterocycles. The van der Waals surface area contributed by atoms with Crippen molar-refractivity contribution in [3.8, 4) is 16.9 Å². The van der Waals surface area contributed by atoms with Gasteiger partial charge in [-0.3, -0.25) is 0 Å². The van der Waals surface area contributed by atoms with Crippen molar-refractivity contribution in [2.24, 2.45) is 0 Å². The second-order valence-corrected chi connectivity index (χ2v) is 4.06. The number of carboxylic acid groups (broad SMARTS) is 1. The van der Waals surface area contributed by atoms with Crippen molar-refractivity contribution in [2.75, 3.05) is 0 Å². The first-order valence-electron chi connectivity index (χ1n) is 5.31. The summed E-state index contributed by atoms with van der Waals surface area (Å²) in [6.07, 6.45) is 0. The smallest absolute Gasteiger partial charge is 0.335 e. The van der Waals surface area contributed by atoms with Gasteiger partial charge in [-0.15, -0.1) is 0 Å². The summed E-state index contributed by atoms with van der Waals surface area (Å²) >= 11 is 0. The standard InChI is InChI=1S/C14H11FO3/c1-8-2-3-13(15)12(4-8)9-5-10(14(17)18)7-11(16)6-9/h2-7,16H,1H3,(H,17,18). The normalized spacial score (nSPS) is 10.3. The van der Waals surface area contributed by atoms with Gasteiger partial charge in [-0.2, -0.15) is 0 Å². The van der Waals surface area contributed by atoms with Gasteiger partial charge >= 0.3 is 5.97 Å². The molecule has 0 saturated carbocycles. The Bertz CT molecular complexity index is 620. The van der Waals surface area contributed by atoms with Crippen molar-refractivity contribution in [3.05, 3.63) is 53.3 Å². The molecule has 2 aromatic rings. The van der Waals surface area contributed by atoms with Gasteiger partial charge < -0.3 is 10.2 Å². The zero-order chi connectivity index (χ0) is 13.3. The SMILES string of the molecule is Cc1ccc(F)c(-c2cc(O)cc(C(=O)O)c2)c1. The summed E-state index contributed by atoms with van der Waals surface area (Å²) in [7, 11) is 0. The average molecular weight is 246 g/mol. The molecule has 0 bridgehead atoms. The second-order valence-electron chi connectivity index (χ2n) is 4.06. The maximum atomic E-state index is 13.7. The molecule has 0 heterocycles. The third-order valence-electron chi connectivity index (χ3n) is 2.60. The van der Waals surface area contributed by atoms with E-state index in [9.17, 15) is 14.3 Å². The van der Waals surface area contributed by atoms with E-state index in [-0.39, 0.29) is 16.9 Å². The summed E-state index contributed by atoms with van der Waals surface area (Å²) in [4.78, 5) is 10.9. The minimum atomic E-state index is -1.17. The van der Waals surface area contributed by atoms with E-state index in [0.29, 0.717) is 5.56 Å². The number of hydrogen-bond acceptors (Lipinski definition) is 2. The van der Waals surface area contributed by atoms with Crippen LogP contribution in [0.3, 0.4) is 0 Å². The Kier molecular flexibility index (Phi) is 3.02. The molecular weight excluding hydrogens is 235 g/mol. The highest BCUT2D eigenvalue weighted by Gasteiger charge is 2.11. The van der Waals surface area contributed by atoms with Crippen molar-refractivity contribution in [3.63, 3.8) is 0 Å². The number of benzene rings is 2. The number of phenols is 1. The molecule has 0 radical (unpaired) electrons. The van der Waals surface area contributed by atoms with Gasteiger partial charge in [-0.25, -0.2) is 9.18 Å². The molecular formula is C14H11FO3. The zero-order valence-electron chi connectivity index (χ0n) is 9.64.